The van der Waals surface area contributed by atoms with Gasteiger partial charge in [0, 0.05) is 30.0 Å². The molecule has 2 atom stereocenters. The van der Waals surface area contributed by atoms with E-state index in [2.05, 4.69) is 18.7 Å². The summed E-state index contributed by atoms with van der Waals surface area (Å²) in [6, 6.07) is 8.68. The van der Waals surface area contributed by atoms with Crippen LogP contribution in [-0.2, 0) is 16.0 Å². The summed E-state index contributed by atoms with van der Waals surface area (Å²) in [5, 5.41) is 13.1. The molecule has 0 unspecified atom stereocenters. The van der Waals surface area contributed by atoms with Crippen molar-refractivity contribution in [1.82, 2.24) is 9.80 Å². The molecule has 7 heteroatoms. The molecular formula is C24H28N2O4S. The molecule has 1 N–H and O–H groups in total. The van der Waals surface area contributed by atoms with Crippen LogP contribution in [0.4, 0.5) is 0 Å². The third kappa shape index (κ3) is 4.00. The van der Waals surface area contributed by atoms with Crippen LogP contribution in [0.25, 0.3) is 5.76 Å². The minimum absolute atomic E-state index is 0.0872. The van der Waals surface area contributed by atoms with Crippen LogP contribution in [0.1, 0.15) is 42.8 Å². The van der Waals surface area contributed by atoms with Crippen molar-refractivity contribution in [2.45, 2.75) is 39.3 Å². The zero-order chi connectivity index (χ0) is 22.1. The average Bonchev–Trinajstić information content (AvgIpc) is 3.47. The summed E-state index contributed by atoms with van der Waals surface area (Å²) in [5.41, 5.74) is 1.71. The summed E-state index contributed by atoms with van der Waals surface area (Å²) in [6.45, 7) is 9.01. The van der Waals surface area contributed by atoms with E-state index in [0.29, 0.717) is 18.7 Å². The Bertz CT molecular complexity index is 1010. The first-order chi connectivity index (χ1) is 14.9. The van der Waals surface area contributed by atoms with E-state index in [-0.39, 0.29) is 17.4 Å². The molecule has 1 aromatic heterocycles. The van der Waals surface area contributed by atoms with Gasteiger partial charge >= 0.3 is 0 Å². The van der Waals surface area contributed by atoms with Gasteiger partial charge in [-0.3, -0.25) is 9.59 Å². The zero-order valence-corrected chi connectivity index (χ0v) is 18.9. The molecule has 0 saturated carbocycles. The van der Waals surface area contributed by atoms with E-state index in [9.17, 15) is 14.7 Å². The van der Waals surface area contributed by atoms with Crippen LogP contribution in [0.2, 0.25) is 0 Å². The van der Waals surface area contributed by atoms with Gasteiger partial charge < -0.3 is 19.6 Å². The highest BCUT2D eigenvalue weighted by molar-refractivity contribution is 7.10. The number of carbonyl (C=O) groups is 2. The molecule has 0 spiro atoms. The lowest BCUT2D eigenvalue weighted by Gasteiger charge is -2.27. The van der Waals surface area contributed by atoms with Crippen molar-refractivity contribution >= 4 is 28.8 Å². The Balaban J connectivity index is 1.74. The number of Topliss-reactive ketones (excluding diaryl/α,β-unsaturated/α-hetero) is 1. The van der Waals surface area contributed by atoms with E-state index in [0.717, 1.165) is 35.7 Å². The first kappa shape index (κ1) is 21.6. The second-order valence-corrected chi connectivity index (χ2v) is 8.97. The van der Waals surface area contributed by atoms with Crippen molar-refractivity contribution in [2.24, 2.45) is 0 Å². The number of hydrogen-bond acceptors (Lipinski definition) is 6. The van der Waals surface area contributed by atoms with Gasteiger partial charge in [0.15, 0.2) is 0 Å². The van der Waals surface area contributed by atoms with Gasteiger partial charge in [0.1, 0.15) is 17.6 Å². The maximum atomic E-state index is 13.1. The van der Waals surface area contributed by atoms with Crippen LogP contribution in [0.3, 0.4) is 0 Å². The molecule has 3 heterocycles. The van der Waals surface area contributed by atoms with Gasteiger partial charge in [-0.1, -0.05) is 19.9 Å². The molecular weight excluding hydrogens is 412 g/mol. The van der Waals surface area contributed by atoms with Gasteiger partial charge in [0.2, 0.25) is 0 Å². The van der Waals surface area contributed by atoms with Crippen LogP contribution in [0, 0.1) is 0 Å². The number of aliphatic hydroxyl groups excluding tert-OH is 1. The lowest BCUT2D eigenvalue weighted by molar-refractivity contribution is -0.140. The Labute approximate surface area is 186 Å². The fraction of sp³-hybridized carbons (Fsp3) is 0.417. The summed E-state index contributed by atoms with van der Waals surface area (Å²) in [6.07, 6.45) is 0.840. The quantitative estimate of drug-likeness (QED) is 0.403. The second-order valence-electron chi connectivity index (χ2n) is 7.99. The molecule has 31 heavy (non-hydrogen) atoms. The largest absolute Gasteiger partial charge is 0.507 e. The number of ketones is 1. The van der Waals surface area contributed by atoms with Crippen molar-refractivity contribution in [1.29, 1.82) is 0 Å². The number of likely N-dealkylation sites (tertiary alicyclic amines) is 1. The topological polar surface area (TPSA) is 70.1 Å². The molecule has 2 aliphatic rings. The number of likely N-dealkylation sites (N-methyl/N-ethyl adjacent to an activating group) is 1. The second kappa shape index (κ2) is 8.85. The minimum atomic E-state index is -0.624. The van der Waals surface area contributed by atoms with Gasteiger partial charge in [0.25, 0.3) is 11.7 Å². The van der Waals surface area contributed by atoms with Crippen LogP contribution < -0.4 is 4.74 Å². The Morgan fingerprint density at radius 3 is 2.71 bits per heavy atom. The molecule has 1 fully saturated rings. The first-order valence-electron chi connectivity index (χ1n) is 10.8. The predicted molar refractivity (Wildman–Crippen MR) is 121 cm³/mol. The van der Waals surface area contributed by atoms with Crippen LogP contribution in [0.5, 0.6) is 5.75 Å². The predicted octanol–water partition coefficient (Wildman–Crippen LogP) is 3.84. The SMILES string of the molecule is CCN(CC)CCN1C(=O)C(=O)C(=C(O)c2ccc3c(c2)C[C@H](C)O3)[C@@H]1c1cccs1. The van der Waals surface area contributed by atoms with E-state index >= 15 is 0 Å². The lowest BCUT2D eigenvalue weighted by Crippen LogP contribution is -2.37. The smallest absolute Gasteiger partial charge is 0.295 e. The van der Waals surface area contributed by atoms with E-state index < -0.39 is 17.7 Å². The molecule has 6 nitrogen and oxygen atoms in total. The zero-order valence-electron chi connectivity index (χ0n) is 18.1. The van der Waals surface area contributed by atoms with Crippen LogP contribution in [-0.4, -0.2) is 58.9 Å². The Morgan fingerprint density at radius 2 is 2.03 bits per heavy atom. The number of thiophene rings is 1. The van der Waals surface area contributed by atoms with Gasteiger partial charge in [-0.05, 0) is 55.2 Å². The fourth-order valence-corrected chi connectivity index (χ4v) is 5.21. The summed E-state index contributed by atoms with van der Waals surface area (Å²) >= 11 is 1.49. The number of nitrogens with zero attached hydrogens (tertiary/aromatic N) is 2. The standard InChI is InChI=1S/C24H28N2O4S/c1-4-25(5-2)10-11-26-21(19-7-6-12-31-19)20(23(28)24(26)29)22(27)16-8-9-18-17(14-16)13-15(3)30-18/h6-9,12,14-15,21,27H,4-5,10-11,13H2,1-3H3/t15-,21-/m0/s1. The normalized spacial score (nSPS) is 22.3. The Morgan fingerprint density at radius 1 is 1.26 bits per heavy atom. The molecule has 1 amide bonds. The number of fused-ring (bicyclic) bond motifs is 1. The average molecular weight is 441 g/mol. The first-order valence-corrected chi connectivity index (χ1v) is 11.7. The number of amides is 1. The Kier molecular flexibility index (Phi) is 6.16. The number of benzene rings is 1. The summed E-state index contributed by atoms with van der Waals surface area (Å²) in [5.74, 6) is -0.492. The highest BCUT2D eigenvalue weighted by Crippen LogP contribution is 2.41. The monoisotopic (exact) mass is 440 g/mol. The highest BCUT2D eigenvalue weighted by atomic mass is 32.1. The maximum Gasteiger partial charge on any atom is 0.295 e. The molecule has 1 saturated heterocycles. The maximum absolute atomic E-state index is 13.1. The van der Waals surface area contributed by atoms with Gasteiger partial charge in [-0.25, -0.2) is 0 Å². The molecule has 0 aliphatic carbocycles. The van der Waals surface area contributed by atoms with Crippen molar-refractivity contribution < 1.29 is 19.4 Å². The highest BCUT2D eigenvalue weighted by Gasteiger charge is 2.46. The van der Waals surface area contributed by atoms with Crippen LogP contribution in [0.15, 0.2) is 41.3 Å². The number of ether oxygens (including phenoxy) is 1. The molecule has 0 bridgehead atoms. The molecule has 1 aromatic carbocycles. The van der Waals surface area contributed by atoms with E-state index in [1.807, 2.05) is 36.6 Å². The molecule has 0 radical (unpaired) electrons. The van der Waals surface area contributed by atoms with E-state index in [1.54, 1.807) is 11.0 Å². The van der Waals surface area contributed by atoms with Crippen LogP contribution >= 0.6 is 11.3 Å². The summed E-state index contributed by atoms with van der Waals surface area (Å²) < 4.78 is 5.75. The van der Waals surface area contributed by atoms with Gasteiger partial charge in [-0.2, -0.15) is 0 Å². The molecule has 2 aliphatic heterocycles. The number of aliphatic hydroxyl groups is 1. The summed E-state index contributed by atoms with van der Waals surface area (Å²) in [7, 11) is 0. The van der Waals surface area contributed by atoms with Crippen molar-refractivity contribution in [3.8, 4) is 5.75 Å². The molecule has 4 rings (SSSR count). The third-order valence-corrected chi connectivity index (χ3v) is 7.00. The van der Waals surface area contributed by atoms with Gasteiger partial charge in [0.05, 0.1) is 11.6 Å². The fourth-order valence-electron chi connectivity index (χ4n) is 4.37. The third-order valence-electron chi connectivity index (χ3n) is 6.07. The van der Waals surface area contributed by atoms with Crippen molar-refractivity contribution in [3.63, 3.8) is 0 Å². The molecule has 2 aromatic rings. The molecule has 164 valence electrons. The van der Waals surface area contributed by atoms with Crippen molar-refractivity contribution in [3.05, 3.63) is 57.3 Å². The Hall–Kier alpha value is -2.64. The van der Waals surface area contributed by atoms with E-state index in [1.165, 1.54) is 11.3 Å². The number of rotatable bonds is 7. The van der Waals surface area contributed by atoms with E-state index in [4.69, 9.17) is 4.74 Å². The number of hydrogen-bond donors (Lipinski definition) is 1. The summed E-state index contributed by atoms with van der Waals surface area (Å²) in [4.78, 5) is 30.7. The lowest BCUT2D eigenvalue weighted by atomic mass is 9.98. The minimum Gasteiger partial charge on any atom is -0.507 e. The van der Waals surface area contributed by atoms with Gasteiger partial charge in [-0.15, -0.1) is 11.3 Å². The van der Waals surface area contributed by atoms with Crippen molar-refractivity contribution in [2.75, 3.05) is 26.2 Å². The number of carbonyl (C=O) groups excluding carboxylic acids is 2.